The Labute approximate surface area is 66.3 Å². The van der Waals surface area contributed by atoms with Crippen LogP contribution in [0.25, 0.3) is 0 Å². The quantitative estimate of drug-likeness (QED) is 0.623. The number of unbranched alkanes of at least 4 members (excludes halogenated alkanes) is 1. The smallest absolute Gasteiger partial charge is 0.266 e. The molecular formula is C7H15FN2O. The van der Waals surface area contributed by atoms with Crippen LogP contribution in [0.2, 0.25) is 0 Å². The first-order valence-corrected chi connectivity index (χ1v) is 3.78. The van der Waals surface area contributed by atoms with Crippen molar-refractivity contribution in [2.24, 2.45) is 5.73 Å². The van der Waals surface area contributed by atoms with Crippen molar-refractivity contribution in [3.63, 3.8) is 0 Å². The maximum absolute atomic E-state index is 12.2. The molecule has 1 amide bonds. The lowest BCUT2D eigenvalue weighted by Crippen LogP contribution is -2.37. The number of carbonyl (C=O) groups excluding carboxylic acids is 1. The highest BCUT2D eigenvalue weighted by Crippen LogP contribution is 2.01. The van der Waals surface area contributed by atoms with Gasteiger partial charge in [0.2, 0.25) is 0 Å². The van der Waals surface area contributed by atoms with E-state index in [0.717, 1.165) is 19.9 Å². The third-order valence-corrected chi connectivity index (χ3v) is 1.49. The van der Waals surface area contributed by atoms with Crippen molar-refractivity contribution >= 4 is 5.91 Å². The summed E-state index contributed by atoms with van der Waals surface area (Å²) in [6.07, 6.45) is 2.39. The Morgan fingerprint density at radius 3 is 2.64 bits per heavy atom. The van der Waals surface area contributed by atoms with Gasteiger partial charge in [0.15, 0.2) is 0 Å². The van der Waals surface area contributed by atoms with Gasteiger partial charge in [-0.3, -0.25) is 4.79 Å². The summed E-state index contributed by atoms with van der Waals surface area (Å²) in [5.41, 5.74) is 5.37. The summed E-state index contributed by atoms with van der Waals surface area (Å²) in [5, 5.41) is 0.0420. The molecule has 0 aromatic carbocycles. The van der Waals surface area contributed by atoms with Crippen LogP contribution in [0, 0.1) is 0 Å². The zero-order valence-corrected chi connectivity index (χ0v) is 7.01. The fraction of sp³-hybridized carbons (Fsp3) is 0.857. The topological polar surface area (TPSA) is 46.3 Å². The van der Waals surface area contributed by atoms with Gasteiger partial charge in [0.1, 0.15) is 0 Å². The zero-order valence-electron chi connectivity index (χ0n) is 7.01. The molecule has 66 valence electrons. The summed E-state index contributed by atoms with van der Waals surface area (Å²) in [6, 6.07) is -0.676. The van der Waals surface area contributed by atoms with Gasteiger partial charge < -0.3 is 5.73 Å². The second-order valence-electron chi connectivity index (χ2n) is 2.56. The number of nitrogens with zero attached hydrogens (tertiary/aromatic N) is 1. The number of rotatable bonds is 4. The molecule has 0 spiro atoms. The molecule has 4 heteroatoms. The van der Waals surface area contributed by atoms with Crippen molar-refractivity contribution < 1.29 is 9.28 Å². The van der Waals surface area contributed by atoms with Crippen LogP contribution >= 0.6 is 0 Å². The van der Waals surface area contributed by atoms with Crippen molar-refractivity contribution in [2.75, 3.05) is 7.05 Å². The number of carbonyl (C=O) groups is 1. The summed E-state index contributed by atoms with van der Waals surface area (Å²) >= 11 is 0. The van der Waals surface area contributed by atoms with Crippen LogP contribution in [0.1, 0.15) is 26.2 Å². The van der Waals surface area contributed by atoms with Crippen LogP contribution in [0.3, 0.4) is 0 Å². The van der Waals surface area contributed by atoms with Gasteiger partial charge in [-0.2, -0.15) is 5.12 Å². The van der Waals surface area contributed by atoms with E-state index in [1.165, 1.54) is 0 Å². The van der Waals surface area contributed by atoms with E-state index in [-0.39, 0.29) is 5.12 Å². The molecular weight excluding hydrogens is 147 g/mol. The van der Waals surface area contributed by atoms with Crippen molar-refractivity contribution in [1.82, 2.24) is 5.12 Å². The molecule has 3 nitrogen and oxygen atoms in total. The fourth-order valence-corrected chi connectivity index (χ4v) is 0.776. The summed E-state index contributed by atoms with van der Waals surface area (Å²) in [4.78, 5) is 10.8. The first-order valence-electron chi connectivity index (χ1n) is 3.78. The van der Waals surface area contributed by atoms with Crippen LogP contribution in [-0.4, -0.2) is 24.1 Å². The average molecular weight is 162 g/mol. The van der Waals surface area contributed by atoms with E-state index >= 15 is 0 Å². The monoisotopic (exact) mass is 162 g/mol. The van der Waals surface area contributed by atoms with Gasteiger partial charge in [0.25, 0.3) is 5.91 Å². The highest BCUT2D eigenvalue weighted by molar-refractivity contribution is 5.80. The lowest BCUT2D eigenvalue weighted by molar-refractivity contribution is -0.144. The normalized spacial score (nSPS) is 12.7. The van der Waals surface area contributed by atoms with Gasteiger partial charge in [-0.1, -0.05) is 24.2 Å². The Bertz CT molecular complexity index is 128. The van der Waals surface area contributed by atoms with Crippen LogP contribution in [0.5, 0.6) is 0 Å². The van der Waals surface area contributed by atoms with E-state index in [0.29, 0.717) is 6.42 Å². The molecule has 0 saturated carbocycles. The zero-order chi connectivity index (χ0) is 8.85. The molecule has 0 rings (SSSR count). The third-order valence-electron chi connectivity index (χ3n) is 1.49. The molecule has 0 unspecified atom stereocenters. The van der Waals surface area contributed by atoms with E-state index in [2.05, 4.69) is 0 Å². The van der Waals surface area contributed by atoms with Crippen LogP contribution in [0.15, 0.2) is 0 Å². The molecule has 1 atom stereocenters. The van der Waals surface area contributed by atoms with E-state index in [1.54, 1.807) is 0 Å². The molecule has 0 bridgehead atoms. The van der Waals surface area contributed by atoms with Gasteiger partial charge in [0.05, 0.1) is 6.04 Å². The second kappa shape index (κ2) is 5.07. The largest absolute Gasteiger partial charge is 0.320 e. The highest BCUT2D eigenvalue weighted by Gasteiger charge is 2.16. The summed E-state index contributed by atoms with van der Waals surface area (Å²) < 4.78 is 12.2. The Hall–Kier alpha value is -0.640. The highest BCUT2D eigenvalue weighted by atomic mass is 19.2. The summed E-state index contributed by atoms with van der Waals surface area (Å²) in [6.45, 7) is 2.00. The molecule has 0 aliphatic carbocycles. The fourth-order valence-electron chi connectivity index (χ4n) is 0.776. The standard InChI is InChI=1S/C7H15FN2O/c1-3-4-5-6(9)7(11)10(2)8/h6H,3-5,9H2,1-2H3/t6-/m0/s1. The number of likely N-dealkylation sites (N-methyl/N-ethyl adjacent to an activating group) is 1. The minimum Gasteiger partial charge on any atom is -0.320 e. The maximum atomic E-state index is 12.2. The molecule has 0 saturated heterocycles. The van der Waals surface area contributed by atoms with Crippen LogP contribution in [-0.2, 0) is 4.79 Å². The Balaban J connectivity index is 3.64. The van der Waals surface area contributed by atoms with Gasteiger partial charge in [-0.05, 0) is 6.42 Å². The third kappa shape index (κ3) is 3.93. The predicted molar refractivity (Wildman–Crippen MR) is 41.4 cm³/mol. The molecule has 0 aromatic heterocycles. The Kier molecular flexibility index (Phi) is 4.77. The minimum atomic E-state index is -0.676. The molecule has 0 heterocycles. The molecule has 0 aliphatic heterocycles. The first kappa shape index (κ1) is 10.4. The maximum Gasteiger partial charge on any atom is 0.266 e. The number of hydrogen-bond acceptors (Lipinski definition) is 2. The molecule has 0 aromatic rings. The summed E-state index contributed by atoms with van der Waals surface area (Å²) in [7, 11) is 1.06. The molecule has 11 heavy (non-hydrogen) atoms. The average Bonchev–Trinajstić information content (AvgIpc) is 1.98. The summed E-state index contributed by atoms with van der Waals surface area (Å²) in [5.74, 6) is -0.640. The first-order chi connectivity index (χ1) is 5.09. The van der Waals surface area contributed by atoms with Crippen molar-refractivity contribution in [3.05, 3.63) is 0 Å². The molecule has 0 fully saturated rings. The van der Waals surface area contributed by atoms with Crippen LogP contribution in [0.4, 0.5) is 4.48 Å². The SMILES string of the molecule is CCCC[C@H](N)C(=O)N(C)F. The van der Waals surface area contributed by atoms with E-state index in [4.69, 9.17) is 5.73 Å². The van der Waals surface area contributed by atoms with Crippen LogP contribution < -0.4 is 5.73 Å². The van der Waals surface area contributed by atoms with Crippen molar-refractivity contribution in [1.29, 1.82) is 0 Å². The Morgan fingerprint density at radius 1 is 1.73 bits per heavy atom. The molecule has 0 aliphatic rings. The molecule has 2 N–H and O–H groups in total. The van der Waals surface area contributed by atoms with Crippen molar-refractivity contribution in [2.45, 2.75) is 32.2 Å². The van der Waals surface area contributed by atoms with Gasteiger partial charge in [-0.25, -0.2) is 0 Å². The number of hydrogen-bond donors (Lipinski definition) is 1. The Morgan fingerprint density at radius 2 is 2.27 bits per heavy atom. The van der Waals surface area contributed by atoms with Gasteiger partial charge in [-0.15, -0.1) is 0 Å². The minimum absolute atomic E-state index is 0.0420. The van der Waals surface area contributed by atoms with E-state index in [9.17, 15) is 9.28 Å². The lowest BCUT2D eigenvalue weighted by Gasteiger charge is -2.11. The van der Waals surface area contributed by atoms with Gasteiger partial charge in [0, 0.05) is 7.05 Å². The number of halogens is 1. The lowest BCUT2D eigenvalue weighted by atomic mass is 10.1. The number of amides is 1. The van der Waals surface area contributed by atoms with Gasteiger partial charge >= 0.3 is 0 Å². The number of nitrogens with two attached hydrogens (primary N) is 1. The molecule has 0 radical (unpaired) electrons. The van der Waals surface area contributed by atoms with E-state index < -0.39 is 11.9 Å². The van der Waals surface area contributed by atoms with Crippen molar-refractivity contribution in [3.8, 4) is 0 Å². The second-order valence-corrected chi connectivity index (χ2v) is 2.56. The van der Waals surface area contributed by atoms with E-state index in [1.807, 2.05) is 6.92 Å². The predicted octanol–water partition coefficient (Wildman–Crippen LogP) is 0.847.